The number of hydrogen-bond donors (Lipinski definition) is 1. The first-order valence-corrected chi connectivity index (χ1v) is 8.20. The molecule has 0 fully saturated rings. The average Bonchev–Trinajstić information content (AvgIpc) is 2.90. The molecule has 1 N–H and O–H groups in total. The molecule has 1 aliphatic rings. The molecule has 0 unspecified atom stereocenters. The lowest BCUT2D eigenvalue weighted by molar-refractivity contribution is -0.123. The van der Waals surface area contributed by atoms with E-state index in [0.29, 0.717) is 6.42 Å². The van der Waals surface area contributed by atoms with E-state index in [0.717, 1.165) is 28.8 Å². The molecule has 0 saturated heterocycles. The molecule has 124 valence electrons. The maximum Gasteiger partial charge on any atom is 0.240 e. The standard InChI is InChI=1S/C19H21N3O2/c1-3-14-11-20-9-8-16(14)13(2)21-18(23)12-22-17-7-5-4-6-15(17)10-19(22)24/h4-9,11,13H,3,10,12H2,1-2H3,(H,21,23)/t13-/m0/s1. The van der Waals surface area contributed by atoms with Gasteiger partial charge in [-0.1, -0.05) is 25.1 Å². The first-order chi connectivity index (χ1) is 11.6. The van der Waals surface area contributed by atoms with Gasteiger partial charge in [-0.3, -0.25) is 14.6 Å². The summed E-state index contributed by atoms with van der Waals surface area (Å²) in [6.45, 7) is 4.06. The molecule has 2 aromatic rings. The van der Waals surface area contributed by atoms with Crippen LogP contribution in [0.25, 0.3) is 0 Å². The van der Waals surface area contributed by atoms with Crippen LogP contribution in [0.5, 0.6) is 0 Å². The molecule has 1 aromatic carbocycles. The van der Waals surface area contributed by atoms with E-state index in [9.17, 15) is 9.59 Å². The van der Waals surface area contributed by atoms with Crippen molar-refractivity contribution >= 4 is 17.5 Å². The Morgan fingerprint density at radius 1 is 1.33 bits per heavy atom. The predicted octanol–water partition coefficient (Wildman–Crippen LogP) is 2.41. The van der Waals surface area contributed by atoms with Crippen LogP contribution in [0.4, 0.5) is 5.69 Å². The van der Waals surface area contributed by atoms with Gasteiger partial charge in [0.2, 0.25) is 11.8 Å². The number of benzene rings is 1. The van der Waals surface area contributed by atoms with Crippen molar-refractivity contribution in [3.8, 4) is 0 Å². The van der Waals surface area contributed by atoms with Crippen LogP contribution < -0.4 is 10.2 Å². The van der Waals surface area contributed by atoms with Crippen molar-refractivity contribution in [2.45, 2.75) is 32.7 Å². The van der Waals surface area contributed by atoms with E-state index in [-0.39, 0.29) is 24.4 Å². The van der Waals surface area contributed by atoms with Gasteiger partial charge in [-0.05, 0) is 42.2 Å². The fourth-order valence-electron chi connectivity index (χ4n) is 3.15. The van der Waals surface area contributed by atoms with E-state index >= 15 is 0 Å². The van der Waals surface area contributed by atoms with Crippen LogP contribution >= 0.6 is 0 Å². The second-order valence-corrected chi connectivity index (χ2v) is 6.00. The summed E-state index contributed by atoms with van der Waals surface area (Å²) < 4.78 is 0. The van der Waals surface area contributed by atoms with Crippen LogP contribution in [0.3, 0.4) is 0 Å². The number of carbonyl (C=O) groups excluding carboxylic acids is 2. The number of aryl methyl sites for hydroxylation is 1. The molecule has 24 heavy (non-hydrogen) atoms. The number of nitrogens with one attached hydrogen (secondary N) is 1. The number of para-hydroxylation sites is 1. The minimum absolute atomic E-state index is 0.0304. The third kappa shape index (κ3) is 3.15. The molecule has 5 nitrogen and oxygen atoms in total. The summed E-state index contributed by atoms with van der Waals surface area (Å²) in [5.41, 5.74) is 4.00. The summed E-state index contributed by atoms with van der Waals surface area (Å²) in [5.74, 6) is -0.191. The molecule has 0 radical (unpaired) electrons. The van der Waals surface area contributed by atoms with Gasteiger partial charge in [0.05, 0.1) is 12.5 Å². The van der Waals surface area contributed by atoms with Crippen molar-refractivity contribution < 1.29 is 9.59 Å². The van der Waals surface area contributed by atoms with E-state index in [4.69, 9.17) is 0 Å². The number of aromatic nitrogens is 1. The van der Waals surface area contributed by atoms with E-state index in [1.165, 1.54) is 0 Å². The van der Waals surface area contributed by atoms with Crippen LogP contribution in [-0.2, 0) is 22.4 Å². The van der Waals surface area contributed by atoms with Crippen LogP contribution in [0.2, 0.25) is 0 Å². The van der Waals surface area contributed by atoms with Crippen molar-refractivity contribution in [1.82, 2.24) is 10.3 Å². The van der Waals surface area contributed by atoms with Crippen LogP contribution in [-0.4, -0.2) is 23.3 Å². The van der Waals surface area contributed by atoms with Gasteiger partial charge in [0, 0.05) is 18.1 Å². The maximum absolute atomic E-state index is 12.4. The Hall–Kier alpha value is -2.69. The molecule has 1 atom stereocenters. The highest BCUT2D eigenvalue weighted by Gasteiger charge is 2.28. The highest BCUT2D eigenvalue weighted by molar-refractivity contribution is 6.04. The molecular weight excluding hydrogens is 302 g/mol. The summed E-state index contributed by atoms with van der Waals surface area (Å²) in [6, 6.07) is 9.42. The Balaban J connectivity index is 1.69. The molecule has 0 aliphatic carbocycles. The second-order valence-electron chi connectivity index (χ2n) is 6.00. The Morgan fingerprint density at radius 3 is 2.92 bits per heavy atom. The van der Waals surface area contributed by atoms with Crippen LogP contribution in [0, 0.1) is 0 Å². The number of anilines is 1. The number of fused-ring (bicyclic) bond motifs is 1. The maximum atomic E-state index is 12.4. The van der Waals surface area contributed by atoms with Gasteiger partial charge in [0.1, 0.15) is 6.54 Å². The largest absolute Gasteiger partial charge is 0.348 e. The van der Waals surface area contributed by atoms with Crippen LogP contribution in [0.15, 0.2) is 42.7 Å². The van der Waals surface area contributed by atoms with Crippen molar-refractivity contribution in [3.05, 3.63) is 59.4 Å². The highest BCUT2D eigenvalue weighted by atomic mass is 16.2. The fraction of sp³-hybridized carbons (Fsp3) is 0.316. The number of amides is 2. The van der Waals surface area contributed by atoms with Crippen molar-refractivity contribution in [3.63, 3.8) is 0 Å². The lowest BCUT2D eigenvalue weighted by Gasteiger charge is -2.21. The number of pyridine rings is 1. The zero-order valence-corrected chi connectivity index (χ0v) is 14.0. The summed E-state index contributed by atoms with van der Waals surface area (Å²) >= 11 is 0. The smallest absolute Gasteiger partial charge is 0.240 e. The molecule has 1 aliphatic heterocycles. The summed E-state index contributed by atoms with van der Waals surface area (Å²) in [7, 11) is 0. The van der Waals surface area contributed by atoms with E-state index < -0.39 is 0 Å². The molecule has 2 amide bonds. The molecule has 0 saturated carbocycles. The van der Waals surface area contributed by atoms with E-state index in [1.54, 1.807) is 11.1 Å². The summed E-state index contributed by atoms with van der Waals surface area (Å²) in [6.07, 6.45) is 4.79. The molecule has 0 spiro atoms. The second kappa shape index (κ2) is 6.83. The average molecular weight is 323 g/mol. The van der Waals surface area contributed by atoms with Crippen molar-refractivity contribution in [2.24, 2.45) is 0 Å². The monoisotopic (exact) mass is 323 g/mol. The Morgan fingerprint density at radius 2 is 2.12 bits per heavy atom. The van der Waals surface area contributed by atoms with E-state index in [1.807, 2.05) is 43.5 Å². The molecule has 2 heterocycles. The van der Waals surface area contributed by atoms with Crippen LogP contribution in [0.1, 0.15) is 36.6 Å². The van der Waals surface area contributed by atoms with E-state index in [2.05, 4.69) is 17.2 Å². The zero-order chi connectivity index (χ0) is 17.1. The minimum Gasteiger partial charge on any atom is -0.348 e. The van der Waals surface area contributed by atoms with Crippen molar-refractivity contribution in [2.75, 3.05) is 11.4 Å². The van der Waals surface area contributed by atoms with Gasteiger partial charge in [0.25, 0.3) is 0 Å². The molecule has 0 bridgehead atoms. The Bertz CT molecular complexity index is 773. The third-order valence-electron chi connectivity index (χ3n) is 4.39. The summed E-state index contributed by atoms with van der Waals surface area (Å²) in [4.78, 5) is 30.3. The molecule has 5 heteroatoms. The molecular formula is C19H21N3O2. The normalized spacial score (nSPS) is 14.4. The topological polar surface area (TPSA) is 62.3 Å². The first-order valence-electron chi connectivity index (χ1n) is 8.20. The lowest BCUT2D eigenvalue weighted by Crippen LogP contribution is -2.40. The number of nitrogens with zero attached hydrogens (tertiary/aromatic N) is 2. The number of carbonyl (C=O) groups is 2. The number of hydrogen-bond acceptors (Lipinski definition) is 3. The van der Waals surface area contributed by atoms with Gasteiger partial charge in [-0.15, -0.1) is 0 Å². The first kappa shape index (κ1) is 16.2. The molecule has 1 aromatic heterocycles. The SMILES string of the molecule is CCc1cnccc1[C@H](C)NC(=O)CN1C(=O)Cc2ccccc21. The third-order valence-corrected chi connectivity index (χ3v) is 4.39. The zero-order valence-electron chi connectivity index (χ0n) is 14.0. The van der Waals surface area contributed by atoms with Gasteiger partial charge < -0.3 is 10.2 Å². The Labute approximate surface area is 141 Å². The minimum atomic E-state index is -0.161. The van der Waals surface area contributed by atoms with Crippen molar-refractivity contribution in [1.29, 1.82) is 0 Å². The Kier molecular flexibility index (Phi) is 4.60. The fourth-order valence-corrected chi connectivity index (χ4v) is 3.15. The highest BCUT2D eigenvalue weighted by Crippen LogP contribution is 2.28. The lowest BCUT2D eigenvalue weighted by atomic mass is 10.0. The summed E-state index contributed by atoms with van der Waals surface area (Å²) in [5, 5.41) is 2.99. The van der Waals surface area contributed by atoms with Gasteiger partial charge in [-0.2, -0.15) is 0 Å². The van der Waals surface area contributed by atoms with Gasteiger partial charge in [-0.25, -0.2) is 0 Å². The number of rotatable bonds is 5. The van der Waals surface area contributed by atoms with Gasteiger partial charge >= 0.3 is 0 Å². The molecule has 3 rings (SSSR count). The van der Waals surface area contributed by atoms with Gasteiger partial charge in [0.15, 0.2) is 0 Å². The quantitative estimate of drug-likeness (QED) is 0.919. The predicted molar refractivity (Wildman–Crippen MR) is 92.7 cm³/mol.